The van der Waals surface area contributed by atoms with Crippen molar-refractivity contribution >= 4 is 5.78 Å². The van der Waals surface area contributed by atoms with E-state index in [4.69, 9.17) is 0 Å². The first-order valence-electron chi connectivity index (χ1n) is 7.89. The minimum Gasteiger partial charge on any atom is -0.294 e. The SMILES string of the molecule is CCCCn1ncnc1C[C@@H](C)n1nc(C)c(C(C)=O)c1C. The average Bonchev–Trinajstić information content (AvgIpc) is 3.00. The summed E-state index contributed by atoms with van der Waals surface area (Å²) in [5.41, 5.74) is 2.46. The molecule has 0 spiro atoms. The van der Waals surface area contributed by atoms with Crippen molar-refractivity contribution in [1.29, 1.82) is 0 Å². The lowest BCUT2D eigenvalue weighted by atomic mass is 10.1. The van der Waals surface area contributed by atoms with Crippen LogP contribution in [-0.4, -0.2) is 30.3 Å². The van der Waals surface area contributed by atoms with Crippen LogP contribution in [0, 0.1) is 13.8 Å². The third-order valence-electron chi connectivity index (χ3n) is 3.99. The highest BCUT2D eigenvalue weighted by Gasteiger charge is 2.20. The molecule has 0 aromatic carbocycles. The molecule has 0 saturated heterocycles. The molecule has 0 bridgehead atoms. The Balaban J connectivity index is 2.20. The summed E-state index contributed by atoms with van der Waals surface area (Å²) >= 11 is 0. The lowest BCUT2D eigenvalue weighted by Gasteiger charge is -2.14. The fourth-order valence-electron chi connectivity index (χ4n) is 2.89. The standard InChI is InChI=1S/C16H25N5O/c1-6-7-8-20-15(17-10-18-20)9-11(2)21-13(4)16(14(5)22)12(3)19-21/h10-11H,6-9H2,1-5H3/t11-/m1/s1. The Hall–Kier alpha value is -1.98. The van der Waals surface area contributed by atoms with E-state index in [1.807, 2.05) is 23.2 Å². The summed E-state index contributed by atoms with van der Waals surface area (Å²) in [7, 11) is 0. The molecule has 0 amide bonds. The van der Waals surface area contributed by atoms with Gasteiger partial charge in [-0.05, 0) is 34.1 Å². The van der Waals surface area contributed by atoms with Gasteiger partial charge in [0.25, 0.3) is 0 Å². The van der Waals surface area contributed by atoms with Crippen molar-refractivity contribution in [2.24, 2.45) is 0 Å². The number of unbranched alkanes of at least 4 members (excludes halogenated alkanes) is 1. The Kier molecular flexibility index (Phi) is 5.11. The first-order valence-corrected chi connectivity index (χ1v) is 7.89. The summed E-state index contributed by atoms with van der Waals surface area (Å²) in [5, 5.41) is 8.84. The van der Waals surface area contributed by atoms with Gasteiger partial charge in [0, 0.05) is 18.7 Å². The van der Waals surface area contributed by atoms with Crippen LogP contribution in [0.2, 0.25) is 0 Å². The average molecular weight is 303 g/mol. The number of ketones is 1. The topological polar surface area (TPSA) is 65.6 Å². The number of hydrogen-bond acceptors (Lipinski definition) is 4. The molecule has 2 aromatic heterocycles. The molecular weight excluding hydrogens is 278 g/mol. The Morgan fingerprint density at radius 1 is 1.36 bits per heavy atom. The maximum absolute atomic E-state index is 11.7. The van der Waals surface area contributed by atoms with Crippen molar-refractivity contribution in [3.8, 4) is 0 Å². The van der Waals surface area contributed by atoms with E-state index in [1.165, 1.54) is 0 Å². The van der Waals surface area contributed by atoms with Gasteiger partial charge in [0.1, 0.15) is 12.2 Å². The van der Waals surface area contributed by atoms with Crippen molar-refractivity contribution in [3.05, 3.63) is 29.1 Å². The second-order valence-corrected chi connectivity index (χ2v) is 5.85. The number of nitrogens with zero attached hydrogens (tertiary/aromatic N) is 5. The van der Waals surface area contributed by atoms with E-state index in [2.05, 4.69) is 29.0 Å². The summed E-state index contributed by atoms with van der Waals surface area (Å²) in [6.45, 7) is 10.6. The van der Waals surface area contributed by atoms with E-state index in [9.17, 15) is 4.79 Å². The zero-order valence-corrected chi connectivity index (χ0v) is 14.1. The van der Waals surface area contributed by atoms with Crippen molar-refractivity contribution in [2.45, 2.75) is 66.5 Å². The van der Waals surface area contributed by atoms with Gasteiger partial charge in [-0.1, -0.05) is 13.3 Å². The van der Waals surface area contributed by atoms with Crippen LogP contribution >= 0.6 is 0 Å². The maximum Gasteiger partial charge on any atom is 0.163 e. The largest absolute Gasteiger partial charge is 0.294 e. The van der Waals surface area contributed by atoms with Crippen LogP contribution < -0.4 is 0 Å². The predicted molar refractivity (Wildman–Crippen MR) is 85.1 cm³/mol. The molecule has 2 aromatic rings. The van der Waals surface area contributed by atoms with Crippen LogP contribution in [0.25, 0.3) is 0 Å². The summed E-state index contributed by atoms with van der Waals surface area (Å²) in [6.07, 6.45) is 4.59. The number of aryl methyl sites for hydroxylation is 2. The highest BCUT2D eigenvalue weighted by Crippen LogP contribution is 2.20. The highest BCUT2D eigenvalue weighted by atomic mass is 16.1. The van der Waals surface area contributed by atoms with Crippen LogP contribution in [-0.2, 0) is 13.0 Å². The lowest BCUT2D eigenvalue weighted by molar-refractivity contribution is 0.101. The second-order valence-electron chi connectivity index (χ2n) is 5.85. The van der Waals surface area contributed by atoms with Crippen molar-refractivity contribution in [3.63, 3.8) is 0 Å². The van der Waals surface area contributed by atoms with Crippen LogP contribution in [0.4, 0.5) is 0 Å². The van der Waals surface area contributed by atoms with Gasteiger partial charge in [0.05, 0.1) is 17.3 Å². The molecule has 2 rings (SSSR count). The fourth-order valence-corrected chi connectivity index (χ4v) is 2.89. The molecule has 120 valence electrons. The molecule has 22 heavy (non-hydrogen) atoms. The molecule has 0 N–H and O–H groups in total. The maximum atomic E-state index is 11.7. The van der Waals surface area contributed by atoms with Gasteiger partial charge >= 0.3 is 0 Å². The van der Waals surface area contributed by atoms with E-state index in [0.717, 1.165) is 48.6 Å². The first kappa shape index (κ1) is 16.4. The number of rotatable bonds is 7. The Labute approximate surface area is 131 Å². The van der Waals surface area contributed by atoms with Gasteiger partial charge in [0.2, 0.25) is 0 Å². The van der Waals surface area contributed by atoms with Gasteiger partial charge in [-0.2, -0.15) is 10.2 Å². The Morgan fingerprint density at radius 3 is 2.68 bits per heavy atom. The number of aromatic nitrogens is 5. The van der Waals surface area contributed by atoms with Gasteiger partial charge in [0.15, 0.2) is 5.78 Å². The molecule has 0 saturated carbocycles. The molecule has 0 unspecified atom stereocenters. The van der Waals surface area contributed by atoms with Gasteiger partial charge < -0.3 is 0 Å². The van der Waals surface area contributed by atoms with Crippen LogP contribution in [0.15, 0.2) is 6.33 Å². The number of carbonyl (C=O) groups excluding carboxylic acids is 1. The third-order valence-corrected chi connectivity index (χ3v) is 3.99. The zero-order valence-electron chi connectivity index (χ0n) is 14.1. The lowest BCUT2D eigenvalue weighted by Crippen LogP contribution is -2.16. The third kappa shape index (κ3) is 3.26. The second kappa shape index (κ2) is 6.85. The molecule has 0 aliphatic carbocycles. The molecule has 1 atom stereocenters. The molecule has 0 fully saturated rings. The Morgan fingerprint density at radius 2 is 2.09 bits per heavy atom. The Bertz CT molecular complexity index is 656. The normalized spacial score (nSPS) is 12.6. The summed E-state index contributed by atoms with van der Waals surface area (Å²) < 4.78 is 3.91. The van der Waals surface area contributed by atoms with E-state index in [0.29, 0.717) is 0 Å². The van der Waals surface area contributed by atoms with Crippen LogP contribution in [0.3, 0.4) is 0 Å². The number of hydrogen-bond donors (Lipinski definition) is 0. The van der Waals surface area contributed by atoms with E-state index >= 15 is 0 Å². The zero-order chi connectivity index (χ0) is 16.3. The van der Waals surface area contributed by atoms with Gasteiger partial charge in [-0.3, -0.25) is 14.2 Å². The van der Waals surface area contributed by atoms with Crippen LogP contribution in [0.5, 0.6) is 0 Å². The van der Waals surface area contributed by atoms with E-state index < -0.39 is 0 Å². The van der Waals surface area contributed by atoms with Crippen molar-refractivity contribution < 1.29 is 4.79 Å². The van der Waals surface area contributed by atoms with Crippen LogP contribution in [0.1, 0.15) is 67.2 Å². The molecule has 6 heteroatoms. The van der Waals surface area contributed by atoms with Gasteiger partial charge in [-0.25, -0.2) is 4.98 Å². The monoisotopic (exact) mass is 303 g/mol. The summed E-state index contributed by atoms with van der Waals surface area (Å²) in [5.74, 6) is 1.04. The predicted octanol–water partition coefficient (Wildman–Crippen LogP) is 2.90. The summed E-state index contributed by atoms with van der Waals surface area (Å²) in [4.78, 5) is 16.1. The van der Waals surface area contributed by atoms with Crippen molar-refractivity contribution in [1.82, 2.24) is 24.5 Å². The minimum atomic E-state index is 0.0690. The van der Waals surface area contributed by atoms with Crippen molar-refractivity contribution in [2.75, 3.05) is 0 Å². The minimum absolute atomic E-state index is 0.0690. The molecule has 0 aliphatic rings. The van der Waals surface area contributed by atoms with E-state index in [-0.39, 0.29) is 11.8 Å². The number of carbonyl (C=O) groups is 1. The molecule has 0 radical (unpaired) electrons. The molecule has 2 heterocycles. The summed E-state index contributed by atoms with van der Waals surface area (Å²) in [6, 6.07) is 0.136. The van der Waals surface area contributed by atoms with Gasteiger partial charge in [-0.15, -0.1) is 0 Å². The first-order chi connectivity index (χ1) is 10.5. The quantitative estimate of drug-likeness (QED) is 0.738. The molecular formula is C16H25N5O. The molecule has 6 nitrogen and oxygen atoms in total. The highest BCUT2D eigenvalue weighted by molar-refractivity contribution is 5.96. The number of Topliss-reactive ketones (excluding diaryl/α,β-unsaturated/α-hetero) is 1. The molecule has 0 aliphatic heterocycles. The smallest absolute Gasteiger partial charge is 0.163 e. The fraction of sp³-hybridized carbons (Fsp3) is 0.625. The van der Waals surface area contributed by atoms with E-state index in [1.54, 1.807) is 13.3 Å².